The van der Waals surface area contributed by atoms with Gasteiger partial charge in [0.05, 0.1) is 13.2 Å². The second-order valence-corrected chi connectivity index (χ2v) is 10.5. The second kappa shape index (κ2) is 11.9. The van der Waals surface area contributed by atoms with Crippen LogP contribution in [0.4, 0.5) is 0 Å². The highest BCUT2D eigenvalue weighted by Crippen LogP contribution is 2.36. The molecule has 0 saturated carbocycles. The van der Waals surface area contributed by atoms with Gasteiger partial charge >= 0.3 is 0 Å². The summed E-state index contributed by atoms with van der Waals surface area (Å²) in [6.07, 6.45) is 6.31. The Kier molecular flexibility index (Phi) is 8.70. The van der Waals surface area contributed by atoms with Gasteiger partial charge in [-0.05, 0) is 62.6 Å². The van der Waals surface area contributed by atoms with Crippen LogP contribution in [0.1, 0.15) is 43.1 Å². The molecule has 2 heterocycles. The van der Waals surface area contributed by atoms with Crippen LogP contribution < -0.4 is 4.74 Å². The Hall–Kier alpha value is -2.83. The van der Waals surface area contributed by atoms with Crippen LogP contribution in [0.3, 0.4) is 0 Å². The molecule has 1 atom stereocenters. The first-order chi connectivity index (χ1) is 17.4. The van der Waals surface area contributed by atoms with Crippen LogP contribution in [0, 0.1) is 12.3 Å². The van der Waals surface area contributed by atoms with Gasteiger partial charge in [-0.3, -0.25) is 9.69 Å². The van der Waals surface area contributed by atoms with E-state index in [4.69, 9.17) is 16.3 Å². The predicted molar refractivity (Wildman–Crippen MR) is 144 cm³/mol. The number of piperidine rings is 1. The van der Waals surface area contributed by atoms with Crippen molar-refractivity contribution in [2.45, 2.75) is 52.7 Å². The van der Waals surface area contributed by atoms with Crippen LogP contribution in [0.5, 0.6) is 5.75 Å². The highest BCUT2D eigenvalue weighted by molar-refractivity contribution is 6.31. The third-order valence-corrected chi connectivity index (χ3v) is 7.56. The number of hydrogen-bond acceptors (Lipinski definition) is 4. The second-order valence-electron chi connectivity index (χ2n) is 10.1. The van der Waals surface area contributed by atoms with Gasteiger partial charge in [0.15, 0.2) is 0 Å². The molecule has 1 saturated heterocycles. The number of benzene rings is 2. The first kappa shape index (κ1) is 26.2. The van der Waals surface area contributed by atoms with E-state index >= 15 is 0 Å². The summed E-state index contributed by atoms with van der Waals surface area (Å²) in [6, 6.07) is 15.9. The number of carbonyl (C=O) groups is 1. The Morgan fingerprint density at radius 2 is 2.03 bits per heavy atom. The van der Waals surface area contributed by atoms with Crippen molar-refractivity contribution in [3.63, 3.8) is 0 Å². The Morgan fingerprint density at radius 1 is 1.22 bits per heavy atom. The molecule has 1 amide bonds. The molecule has 0 unspecified atom stereocenters. The van der Waals surface area contributed by atoms with Gasteiger partial charge in [0.2, 0.25) is 5.91 Å². The van der Waals surface area contributed by atoms with E-state index in [9.17, 15) is 4.79 Å². The molecule has 0 spiro atoms. The summed E-state index contributed by atoms with van der Waals surface area (Å²) in [4.78, 5) is 22.3. The molecule has 0 N–H and O–H groups in total. The molecule has 0 aliphatic carbocycles. The van der Waals surface area contributed by atoms with Crippen molar-refractivity contribution in [2.75, 3.05) is 26.7 Å². The first-order valence-electron chi connectivity index (χ1n) is 12.8. The van der Waals surface area contributed by atoms with Crippen molar-refractivity contribution in [1.82, 2.24) is 19.4 Å². The minimum atomic E-state index is -0.280. The quantitative estimate of drug-likeness (QED) is 0.359. The van der Waals surface area contributed by atoms with Gasteiger partial charge < -0.3 is 14.2 Å². The number of imidazole rings is 1. The number of aryl methyl sites for hydroxylation is 2. The third-order valence-electron chi connectivity index (χ3n) is 7.14. The van der Waals surface area contributed by atoms with Crippen LogP contribution in [-0.4, -0.2) is 52.0 Å². The van der Waals surface area contributed by atoms with Crippen molar-refractivity contribution in [2.24, 2.45) is 5.41 Å². The van der Waals surface area contributed by atoms with Crippen LogP contribution in [0.2, 0.25) is 5.02 Å². The average Bonchev–Trinajstić information content (AvgIpc) is 3.32. The molecule has 7 heteroatoms. The maximum absolute atomic E-state index is 13.5. The van der Waals surface area contributed by atoms with E-state index < -0.39 is 0 Å². The van der Waals surface area contributed by atoms with Crippen molar-refractivity contribution in [3.05, 3.63) is 82.9 Å². The summed E-state index contributed by atoms with van der Waals surface area (Å²) in [6.45, 7) is 8.66. The molecule has 1 aromatic heterocycles. The fourth-order valence-electron chi connectivity index (χ4n) is 5.08. The fourth-order valence-corrected chi connectivity index (χ4v) is 5.20. The molecule has 3 aromatic rings. The van der Waals surface area contributed by atoms with Gasteiger partial charge in [-0.15, -0.1) is 0 Å². The number of halogens is 1. The van der Waals surface area contributed by atoms with Crippen molar-refractivity contribution >= 4 is 17.5 Å². The predicted octanol–water partition coefficient (Wildman–Crippen LogP) is 5.57. The molecule has 36 heavy (non-hydrogen) atoms. The maximum atomic E-state index is 13.5. The lowest BCUT2D eigenvalue weighted by Crippen LogP contribution is -2.48. The SMILES string of the molecule is CCn1ccnc1CN1CCC[C@](COc2ccc(Cl)c(C)c2)(CC(=O)N(C)Cc2ccccc2)C1. The first-order valence-corrected chi connectivity index (χ1v) is 13.1. The normalized spacial score (nSPS) is 18.2. The van der Waals surface area contributed by atoms with Gasteiger partial charge in [0, 0.05) is 55.9 Å². The number of nitrogens with zero attached hydrogens (tertiary/aromatic N) is 4. The van der Waals surface area contributed by atoms with Gasteiger partial charge in [-0.25, -0.2) is 4.98 Å². The van der Waals surface area contributed by atoms with Gasteiger partial charge in [0.25, 0.3) is 0 Å². The number of rotatable bonds is 10. The summed E-state index contributed by atoms with van der Waals surface area (Å²) < 4.78 is 8.52. The molecule has 0 radical (unpaired) electrons. The van der Waals surface area contributed by atoms with Crippen LogP contribution in [-0.2, 0) is 24.4 Å². The van der Waals surface area contributed by atoms with E-state index in [0.717, 1.165) is 66.7 Å². The summed E-state index contributed by atoms with van der Waals surface area (Å²) >= 11 is 6.22. The summed E-state index contributed by atoms with van der Waals surface area (Å²) in [5.41, 5.74) is 1.84. The molecular formula is C29H37ClN4O2. The van der Waals surface area contributed by atoms with Crippen LogP contribution >= 0.6 is 11.6 Å². The van der Waals surface area contributed by atoms with Gasteiger partial charge in [-0.2, -0.15) is 0 Å². The molecule has 192 valence electrons. The minimum absolute atomic E-state index is 0.145. The standard InChI is InChI=1S/C29H37ClN4O2/c1-4-34-16-14-31-27(34)20-33-15-8-13-29(21-33,22-36-25-11-12-26(30)23(2)17-25)18-28(35)32(3)19-24-9-6-5-7-10-24/h5-7,9-12,14,16-17H,4,8,13,15,18-22H2,1-3H3/t29-/m0/s1. The largest absolute Gasteiger partial charge is 0.493 e. The maximum Gasteiger partial charge on any atom is 0.223 e. The molecule has 1 aliphatic rings. The number of carbonyl (C=O) groups excluding carboxylic acids is 1. The van der Waals surface area contributed by atoms with Crippen molar-refractivity contribution < 1.29 is 9.53 Å². The Labute approximate surface area is 219 Å². The minimum Gasteiger partial charge on any atom is -0.493 e. The molecular weight excluding hydrogens is 472 g/mol. The molecule has 1 aliphatic heterocycles. The van der Waals surface area contributed by atoms with Crippen LogP contribution in [0.15, 0.2) is 60.9 Å². The summed E-state index contributed by atoms with van der Waals surface area (Å²) in [5, 5.41) is 0.727. The van der Waals surface area contributed by atoms with Crippen LogP contribution in [0.25, 0.3) is 0 Å². The van der Waals surface area contributed by atoms with Crippen molar-refractivity contribution in [1.29, 1.82) is 0 Å². The number of likely N-dealkylation sites (tertiary alicyclic amines) is 1. The zero-order valence-corrected chi connectivity index (χ0v) is 22.4. The molecule has 2 aromatic carbocycles. The zero-order valence-electron chi connectivity index (χ0n) is 21.6. The lowest BCUT2D eigenvalue weighted by atomic mass is 9.77. The molecule has 0 bridgehead atoms. The lowest BCUT2D eigenvalue weighted by Gasteiger charge is -2.42. The van der Waals surface area contributed by atoms with E-state index in [0.29, 0.717) is 19.6 Å². The lowest BCUT2D eigenvalue weighted by molar-refractivity contribution is -0.135. The number of hydrogen-bond donors (Lipinski definition) is 0. The Morgan fingerprint density at radius 3 is 2.78 bits per heavy atom. The van der Waals surface area contributed by atoms with Gasteiger partial charge in [0.1, 0.15) is 11.6 Å². The Balaban J connectivity index is 1.50. The molecule has 6 nitrogen and oxygen atoms in total. The van der Waals surface area contributed by atoms with E-state index in [1.165, 1.54) is 0 Å². The monoisotopic (exact) mass is 508 g/mol. The van der Waals surface area contributed by atoms with Crippen molar-refractivity contribution in [3.8, 4) is 5.75 Å². The molecule has 4 rings (SSSR count). The number of ether oxygens (including phenoxy) is 1. The smallest absolute Gasteiger partial charge is 0.223 e. The highest BCUT2D eigenvalue weighted by atomic mass is 35.5. The highest BCUT2D eigenvalue weighted by Gasteiger charge is 2.39. The molecule has 1 fully saturated rings. The summed E-state index contributed by atoms with van der Waals surface area (Å²) in [5.74, 6) is 2.00. The zero-order chi connectivity index (χ0) is 25.5. The average molecular weight is 509 g/mol. The number of aromatic nitrogens is 2. The topological polar surface area (TPSA) is 50.6 Å². The number of amides is 1. The van der Waals surface area contributed by atoms with E-state index in [2.05, 4.69) is 33.5 Å². The van der Waals surface area contributed by atoms with Gasteiger partial charge in [-0.1, -0.05) is 41.9 Å². The third kappa shape index (κ3) is 6.68. The summed E-state index contributed by atoms with van der Waals surface area (Å²) in [7, 11) is 1.89. The van der Waals surface area contributed by atoms with E-state index in [-0.39, 0.29) is 11.3 Å². The Bertz CT molecular complexity index is 1150. The van der Waals surface area contributed by atoms with E-state index in [1.807, 2.05) is 67.7 Å². The van der Waals surface area contributed by atoms with E-state index in [1.54, 1.807) is 0 Å². The fraction of sp³-hybridized carbons (Fsp3) is 0.448.